The van der Waals surface area contributed by atoms with E-state index in [-0.39, 0.29) is 17.4 Å². The van der Waals surface area contributed by atoms with E-state index < -0.39 is 11.9 Å². The zero-order valence-electron chi connectivity index (χ0n) is 21.1. The van der Waals surface area contributed by atoms with E-state index in [1.54, 1.807) is 0 Å². The van der Waals surface area contributed by atoms with Crippen molar-refractivity contribution in [2.24, 2.45) is 0 Å². The minimum Gasteiger partial charge on any atom is -0.478 e. The topological polar surface area (TPSA) is 129 Å². The number of carbonyl (C=O) groups excluding carboxylic acids is 1. The van der Waals surface area contributed by atoms with Crippen LogP contribution in [0.5, 0.6) is 0 Å². The molecule has 3 N–H and O–H groups in total. The van der Waals surface area contributed by atoms with Crippen LogP contribution in [0.1, 0.15) is 74.2 Å². The second-order valence-electron chi connectivity index (χ2n) is 10.3. The van der Waals surface area contributed by atoms with Gasteiger partial charge in [0.05, 0.1) is 5.52 Å². The zero-order valence-corrected chi connectivity index (χ0v) is 21.1. The molecule has 1 aromatic carbocycles. The van der Waals surface area contributed by atoms with E-state index in [4.69, 9.17) is 10.2 Å². The number of para-hydroxylation sites is 1. The van der Waals surface area contributed by atoms with Gasteiger partial charge in [0.2, 0.25) is 5.43 Å². The van der Waals surface area contributed by atoms with E-state index in [9.17, 15) is 19.2 Å². The van der Waals surface area contributed by atoms with Gasteiger partial charge in [0, 0.05) is 47.9 Å². The van der Waals surface area contributed by atoms with E-state index in [1.807, 2.05) is 30.5 Å². The third-order valence-electron chi connectivity index (χ3n) is 7.95. The summed E-state index contributed by atoms with van der Waals surface area (Å²) >= 11 is 0. The van der Waals surface area contributed by atoms with Gasteiger partial charge in [-0.05, 0) is 57.7 Å². The third-order valence-corrected chi connectivity index (χ3v) is 7.95. The van der Waals surface area contributed by atoms with Crippen molar-refractivity contribution in [1.82, 2.24) is 14.8 Å². The van der Waals surface area contributed by atoms with Crippen molar-refractivity contribution in [2.45, 2.75) is 82.0 Å². The fourth-order valence-corrected chi connectivity index (χ4v) is 6.06. The van der Waals surface area contributed by atoms with Crippen LogP contribution in [0.2, 0.25) is 0 Å². The maximum atomic E-state index is 13.2. The summed E-state index contributed by atoms with van der Waals surface area (Å²) in [6.45, 7) is 0. The molecule has 198 valence electrons. The van der Waals surface area contributed by atoms with Gasteiger partial charge in [-0.2, -0.15) is 0 Å². The van der Waals surface area contributed by atoms with Gasteiger partial charge in [-0.3, -0.25) is 9.59 Å². The lowest BCUT2D eigenvalue weighted by Gasteiger charge is -2.36. The average Bonchev–Trinajstić information content (AvgIpc) is 3.09. The molecule has 3 heterocycles. The predicted molar refractivity (Wildman–Crippen MR) is 140 cm³/mol. The number of aromatic nitrogens is 1. The standard InChI is InChI=1S/C24H31N3O2.C4H4O4/c1-26-18-11-12-19(26)14-16(13-18)25-24(29)21-15-27(17-7-3-2-4-8-17)22-10-6-5-9-20(22)23(21)28;5-3(6)1-2-4(7)8/h5-6,9-10,15-19H,2-4,7-8,11-14H2,1H3,(H,25,29);1-2H,(H,5,6)(H,7,8)/b;2-1-/t16?,18-,19+;. The minimum absolute atomic E-state index is 0.138. The number of hydrogen-bond donors (Lipinski definition) is 3. The Morgan fingerprint density at radius 2 is 1.49 bits per heavy atom. The second-order valence-corrected chi connectivity index (χ2v) is 10.3. The molecule has 37 heavy (non-hydrogen) atoms. The first-order valence-corrected chi connectivity index (χ1v) is 13.0. The lowest BCUT2D eigenvalue weighted by Crippen LogP contribution is -2.49. The number of nitrogens with zero attached hydrogens (tertiary/aromatic N) is 2. The molecule has 2 aliphatic heterocycles. The third kappa shape index (κ3) is 6.28. The molecular formula is C28H35N3O6. The first-order chi connectivity index (χ1) is 17.7. The van der Waals surface area contributed by atoms with Gasteiger partial charge in [0.25, 0.3) is 5.91 Å². The highest BCUT2D eigenvalue weighted by Crippen LogP contribution is 2.34. The molecule has 2 bridgehead atoms. The quantitative estimate of drug-likeness (QED) is 0.526. The average molecular weight is 510 g/mol. The van der Waals surface area contributed by atoms with Crippen LogP contribution >= 0.6 is 0 Å². The van der Waals surface area contributed by atoms with Gasteiger partial charge in [-0.1, -0.05) is 31.4 Å². The molecular weight excluding hydrogens is 474 g/mol. The summed E-state index contributed by atoms with van der Waals surface area (Å²) in [6, 6.07) is 9.43. The van der Waals surface area contributed by atoms with Gasteiger partial charge in [-0.25, -0.2) is 9.59 Å². The highest BCUT2D eigenvalue weighted by molar-refractivity contribution is 5.97. The number of carboxylic acids is 2. The molecule has 3 atom stereocenters. The number of carbonyl (C=O) groups is 3. The Morgan fingerprint density at radius 1 is 0.892 bits per heavy atom. The number of rotatable bonds is 5. The van der Waals surface area contributed by atoms with Crippen LogP contribution in [-0.4, -0.2) is 62.7 Å². The normalized spacial score (nSPS) is 24.0. The smallest absolute Gasteiger partial charge is 0.328 e. The van der Waals surface area contributed by atoms with Crippen LogP contribution in [0.25, 0.3) is 10.9 Å². The van der Waals surface area contributed by atoms with Crippen LogP contribution < -0.4 is 10.7 Å². The maximum absolute atomic E-state index is 13.2. The van der Waals surface area contributed by atoms with Crippen LogP contribution in [0.3, 0.4) is 0 Å². The molecule has 3 fully saturated rings. The molecule has 2 saturated heterocycles. The summed E-state index contributed by atoms with van der Waals surface area (Å²) in [5.41, 5.74) is 1.12. The van der Waals surface area contributed by atoms with Crippen molar-refractivity contribution in [3.63, 3.8) is 0 Å². The molecule has 0 spiro atoms. The molecule has 1 amide bonds. The van der Waals surface area contributed by atoms with E-state index in [2.05, 4.69) is 21.8 Å². The van der Waals surface area contributed by atoms with Gasteiger partial charge >= 0.3 is 11.9 Å². The largest absolute Gasteiger partial charge is 0.478 e. The Bertz CT molecular complexity index is 1220. The zero-order chi connectivity index (χ0) is 26.5. The van der Waals surface area contributed by atoms with Crippen LogP contribution in [-0.2, 0) is 9.59 Å². The SMILES string of the molecule is CN1[C@@H]2CC[C@H]1CC(NC(=O)c1cn(C3CCCCC3)c3ccccc3c1=O)C2.O=C(O)/C=C\C(=O)O. The molecule has 1 unspecified atom stereocenters. The van der Waals surface area contributed by atoms with Gasteiger partial charge in [0.15, 0.2) is 0 Å². The molecule has 9 heteroatoms. The van der Waals surface area contributed by atoms with Crippen molar-refractivity contribution >= 4 is 28.7 Å². The number of benzene rings is 1. The first kappa shape index (κ1) is 26.6. The lowest BCUT2D eigenvalue weighted by atomic mass is 9.94. The molecule has 1 saturated carbocycles. The second kappa shape index (κ2) is 11.7. The van der Waals surface area contributed by atoms with Crippen LogP contribution in [0.4, 0.5) is 0 Å². The van der Waals surface area contributed by atoms with E-state index in [0.29, 0.717) is 41.2 Å². The van der Waals surface area contributed by atoms with Crippen LogP contribution in [0.15, 0.2) is 47.4 Å². The molecule has 1 aromatic heterocycles. The molecule has 3 aliphatic rings. The van der Waals surface area contributed by atoms with Gasteiger partial charge in [-0.15, -0.1) is 0 Å². The summed E-state index contributed by atoms with van der Waals surface area (Å²) in [7, 11) is 2.20. The number of nitrogens with one attached hydrogen (secondary N) is 1. The predicted octanol–water partition coefficient (Wildman–Crippen LogP) is 3.57. The van der Waals surface area contributed by atoms with Crippen molar-refractivity contribution in [3.05, 3.63) is 58.4 Å². The lowest BCUT2D eigenvalue weighted by molar-refractivity contribution is -0.134. The highest BCUT2D eigenvalue weighted by atomic mass is 16.4. The Balaban J connectivity index is 0.000000349. The van der Waals surface area contributed by atoms with Crippen molar-refractivity contribution < 1.29 is 24.6 Å². The fourth-order valence-electron chi connectivity index (χ4n) is 6.06. The monoisotopic (exact) mass is 509 g/mol. The van der Waals surface area contributed by atoms with Gasteiger partial charge in [0.1, 0.15) is 5.56 Å². The Hall–Kier alpha value is -3.46. The van der Waals surface area contributed by atoms with Gasteiger partial charge < -0.3 is 25.0 Å². The number of carboxylic acid groups (broad SMARTS) is 2. The Morgan fingerprint density at radius 3 is 2.08 bits per heavy atom. The van der Waals surface area contributed by atoms with E-state index >= 15 is 0 Å². The summed E-state index contributed by atoms with van der Waals surface area (Å²) in [5.74, 6) is -2.71. The van der Waals surface area contributed by atoms with E-state index in [1.165, 1.54) is 32.1 Å². The number of hydrogen-bond acceptors (Lipinski definition) is 5. The summed E-state index contributed by atoms with van der Waals surface area (Å²) in [4.78, 5) is 47.9. The van der Waals surface area contributed by atoms with Crippen molar-refractivity contribution in [1.29, 1.82) is 0 Å². The molecule has 0 radical (unpaired) electrons. The summed E-state index contributed by atoms with van der Waals surface area (Å²) < 4.78 is 2.21. The Labute approximate surface area is 215 Å². The first-order valence-electron chi connectivity index (χ1n) is 13.0. The highest BCUT2D eigenvalue weighted by Gasteiger charge is 2.39. The molecule has 9 nitrogen and oxygen atoms in total. The van der Waals surface area contributed by atoms with Crippen molar-refractivity contribution in [2.75, 3.05) is 7.05 Å². The minimum atomic E-state index is -1.26. The number of pyridine rings is 1. The maximum Gasteiger partial charge on any atom is 0.328 e. The molecule has 1 aliphatic carbocycles. The molecule has 2 aromatic rings. The number of fused-ring (bicyclic) bond motifs is 3. The van der Waals surface area contributed by atoms with Crippen molar-refractivity contribution in [3.8, 4) is 0 Å². The summed E-state index contributed by atoms with van der Waals surface area (Å²) in [6.07, 6.45) is 13.3. The fraction of sp³-hybridized carbons (Fsp3) is 0.500. The number of piperidine rings is 1. The van der Waals surface area contributed by atoms with Crippen LogP contribution in [0, 0.1) is 0 Å². The Kier molecular flexibility index (Phi) is 8.43. The van der Waals surface area contributed by atoms with E-state index in [0.717, 1.165) is 31.2 Å². The number of aliphatic carboxylic acids is 2. The summed E-state index contributed by atoms with van der Waals surface area (Å²) in [5, 5.41) is 19.5. The molecule has 5 rings (SSSR count). The number of amides is 1.